The lowest BCUT2D eigenvalue weighted by Crippen LogP contribution is -2.49. The van der Waals surface area contributed by atoms with Crippen molar-refractivity contribution in [3.8, 4) is 5.75 Å². The lowest BCUT2D eigenvalue weighted by molar-refractivity contribution is -0.139. The van der Waals surface area contributed by atoms with E-state index >= 15 is 0 Å². The average Bonchev–Trinajstić information content (AvgIpc) is 2.64. The Hall–Kier alpha value is -2.30. The summed E-state index contributed by atoms with van der Waals surface area (Å²) >= 11 is 0. The largest absolute Gasteiger partial charge is 0.482 e. The van der Waals surface area contributed by atoms with Crippen LogP contribution in [0.2, 0.25) is 0 Å². The Bertz CT molecular complexity index is 855. The van der Waals surface area contributed by atoms with Crippen LogP contribution in [0.5, 0.6) is 5.75 Å². The number of hydrogen-bond acceptors (Lipinski definition) is 3. The molecule has 4 nitrogen and oxygen atoms in total. The maximum Gasteiger partial charge on any atom is 0.317 e. The number of carboxylic acids is 1. The predicted octanol–water partition coefficient (Wildman–Crippen LogP) is 4.16. The van der Waals surface area contributed by atoms with Gasteiger partial charge in [0.2, 0.25) is 0 Å². The molecule has 2 aromatic carbocycles. The van der Waals surface area contributed by atoms with Crippen LogP contribution in [0.15, 0.2) is 54.6 Å². The summed E-state index contributed by atoms with van der Waals surface area (Å²) in [6.07, 6.45) is 3.86. The van der Waals surface area contributed by atoms with Crippen LogP contribution in [0.1, 0.15) is 29.5 Å². The number of aliphatic carboxylic acids is 1. The van der Waals surface area contributed by atoms with Crippen molar-refractivity contribution in [2.45, 2.75) is 25.4 Å². The Morgan fingerprint density at radius 2 is 1.85 bits per heavy atom. The summed E-state index contributed by atoms with van der Waals surface area (Å²) in [6, 6.07) is 16.7. The Labute approximate surface area is 165 Å². The molecule has 0 saturated carbocycles. The van der Waals surface area contributed by atoms with E-state index in [1.165, 1.54) is 16.7 Å². The van der Waals surface area contributed by atoms with Gasteiger partial charge in [-0.25, -0.2) is 0 Å². The van der Waals surface area contributed by atoms with Crippen molar-refractivity contribution in [2.24, 2.45) is 0 Å². The summed E-state index contributed by atoms with van der Waals surface area (Å²) in [4.78, 5) is 13.0. The van der Waals surface area contributed by atoms with E-state index in [2.05, 4.69) is 55.5 Å². The molecule has 1 N–H and O–H groups in total. The summed E-state index contributed by atoms with van der Waals surface area (Å²) in [5.41, 5.74) is 4.39. The smallest absolute Gasteiger partial charge is 0.317 e. The van der Waals surface area contributed by atoms with Gasteiger partial charge in [-0.3, -0.25) is 9.69 Å². The number of fused-ring (bicyclic) bond motifs is 1. The average molecular weight is 386 g/mol. The second kappa shape index (κ2) is 7.75. The number of halogens is 1. The van der Waals surface area contributed by atoms with Crippen molar-refractivity contribution >= 4 is 23.9 Å². The Morgan fingerprint density at radius 1 is 1.15 bits per heavy atom. The van der Waals surface area contributed by atoms with Crippen molar-refractivity contribution < 1.29 is 14.6 Å². The van der Waals surface area contributed by atoms with E-state index in [9.17, 15) is 4.79 Å². The standard InChI is InChI=1S/C22H23NO3.ClH/c1-16-7-8-20-18(13-16)19(17-5-3-2-4-6-17)14-22(26-20)9-11-23(12-10-22)15-21(24)25;/h2-8,13-14H,9-12,15H2,1H3,(H,24,25);1H. The van der Waals surface area contributed by atoms with Gasteiger partial charge in [-0.15, -0.1) is 12.4 Å². The first kappa shape index (κ1) is 19.5. The van der Waals surface area contributed by atoms with E-state index in [0.29, 0.717) is 0 Å². The first-order valence-corrected chi connectivity index (χ1v) is 9.07. The highest BCUT2D eigenvalue weighted by molar-refractivity contribution is 5.85. The number of ether oxygens (including phenoxy) is 1. The molecular formula is C22H24ClNO3. The van der Waals surface area contributed by atoms with Gasteiger partial charge in [0.15, 0.2) is 0 Å². The lowest BCUT2D eigenvalue weighted by atomic mass is 9.82. The molecular weight excluding hydrogens is 362 g/mol. The Kier molecular flexibility index (Phi) is 5.59. The Morgan fingerprint density at radius 3 is 2.52 bits per heavy atom. The minimum absolute atomic E-state index is 0. The SMILES string of the molecule is Cc1ccc2c(c1)C(c1ccccc1)=CC1(CCN(CC(=O)O)CC1)O2.Cl. The zero-order valence-electron chi connectivity index (χ0n) is 15.4. The van der Waals surface area contributed by atoms with Gasteiger partial charge in [-0.1, -0.05) is 42.0 Å². The van der Waals surface area contributed by atoms with E-state index in [0.717, 1.165) is 37.2 Å². The molecule has 5 heteroatoms. The second-order valence-electron chi connectivity index (χ2n) is 7.26. The number of aryl methyl sites for hydroxylation is 1. The molecule has 2 aliphatic rings. The molecule has 0 atom stereocenters. The van der Waals surface area contributed by atoms with Gasteiger partial charge >= 0.3 is 5.97 Å². The zero-order chi connectivity index (χ0) is 18.1. The monoisotopic (exact) mass is 385 g/mol. The molecule has 2 aliphatic heterocycles. The summed E-state index contributed by atoms with van der Waals surface area (Å²) in [5, 5.41) is 9.03. The van der Waals surface area contributed by atoms with Crippen molar-refractivity contribution in [2.75, 3.05) is 19.6 Å². The first-order valence-electron chi connectivity index (χ1n) is 9.07. The number of carbonyl (C=O) groups is 1. The molecule has 0 amide bonds. The molecule has 1 saturated heterocycles. The van der Waals surface area contributed by atoms with Crippen LogP contribution >= 0.6 is 12.4 Å². The highest BCUT2D eigenvalue weighted by Crippen LogP contribution is 2.43. The van der Waals surface area contributed by atoms with E-state index < -0.39 is 5.97 Å². The van der Waals surface area contributed by atoms with Gasteiger partial charge in [0.1, 0.15) is 11.4 Å². The van der Waals surface area contributed by atoms with Crippen LogP contribution in [0.3, 0.4) is 0 Å². The van der Waals surface area contributed by atoms with Gasteiger partial charge in [0.25, 0.3) is 0 Å². The Balaban J connectivity index is 0.00000210. The second-order valence-corrected chi connectivity index (χ2v) is 7.26. The zero-order valence-corrected chi connectivity index (χ0v) is 16.2. The van der Waals surface area contributed by atoms with E-state index in [1.54, 1.807) is 0 Å². The van der Waals surface area contributed by atoms with Crippen molar-refractivity contribution in [1.82, 2.24) is 4.90 Å². The normalized spacial score (nSPS) is 18.0. The van der Waals surface area contributed by atoms with Gasteiger partial charge in [0, 0.05) is 31.5 Å². The molecule has 0 aliphatic carbocycles. The van der Waals surface area contributed by atoms with Gasteiger partial charge in [-0.2, -0.15) is 0 Å². The highest BCUT2D eigenvalue weighted by atomic mass is 35.5. The lowest BCUT2D eigenvalue weighted by Gasteiger charge is -2.43. The van der Waals surface area contributed by atoms with Crippen LogP contribution in [0, 0.1) is 6.92 Å². The highest BCUT2D eigenvalue weighted by Gasteiger charge is 2.39. The quantitative estimate of drug-likeness (QED) is 0.861. The molecule has 27 heavy (non-hydrogen) atoms. The van der Waals surface area contributed by atoms with Gasteiger partial charge in [-0.05, 0) is 36.3 Å². The number of likely N-dealkylation sites (tertiary alicyclic amines) is 1. The molecule has 142 valence electrons. The van der Waals surface area contributed by atoms with Crippen LogP contribution < -0.4 is 4.74 Å². The fraction of sp³-hybridized carbons (Fsp3) is 0.318. The molecule has 1 fully saturated rings. The van der Waals surface area contributed by atoms with Crippen molar-refractivity contribution in [3.05, 3.63) is 71.3 Å². The van der Waals surface area contributed by atoms with Crippen molar-refractivity contribution in [3.63, 3.8) is 0 Å². The van der Waals surface area contributed by atoms with E-state index in [-0.39, 0.29) is 24.6 Å². The molecule has 0 unspecified atom stereocenters. The molecule has 0 radical (unpaired) electrons. The van der Waals surface area contributed by atoms with Crippen LogP contribution in [-0.4, -0.2) is 41.2 Å². The summed E-state index contributed by atoms with van der Waals surface area (Å²) in [7, 11) is 0. The van der Waals surface area contributed by atoms with Crippen LogP contribution in [0.25, 0.3) is 5.57 Å². The third-order valence-corrected chi connectivity index (χ3v) is 5.29. The summed E-state index contributed by atoms with van der Waals surface area (Å²) < 4.78 is 6.47. The maximum absolute atomic E-state index is 11.0. The molecule has 1 spiro atoms. The third-order valence-electron chi connectivity index (χ3n) is 5.29. The fourth-order valence-electron chi connectivity index (χ4n) is 3.92. The summed E-state index contributed by atoms with van der Waals surface area (Å²) in [5.74, 6) is 0.149. The van der Waals surface area contributed by atoms with Crippen molar-refractivity contribution in [1.29, 1.82) is 0 Å². The molecule has 0 bridgehead atoms. The fourth-order valence-corrected chi connectivity index (χ4v) is 3.92. The number of benzene rings is 2. The maximum atomic E-state index is 11.0. The van der Waals surface area contributed by atoms with E-state index in [4.69, 9.17) is 9.84 Å². The van der Waals surface area contributed by atoms with Gasteiger partial charge < -0.3 is 9.84 Å². The van der Waals surface area contributed by atoms with Crippen LogP contribution in [0.4, 0.5) is 0 Å². The van der Waals surface area contributed by atoms with Crippen LogP contribution in [-0.2, 0) is 4.79 Å². The summed E-state index contributed by atoms with van der Waals surface area (Å²) in [6.45, 7) is 3.65. The molecule has 4 rings (SSSR count). The predicted molar refractivity (Wildman–Crippen MR) is 109 cm³/mol. The molecule has 2 heterocycles. The van der Waals surface area contributed by atoms with Gasteiger partial charge in [0.05, 0.1) is 6.54 Å². The number of hydrogen-bond donors (Lipinski definition) is 1. The third kappa shape index (κ3) is 4.02. The minimum atomic E-state index is -0.771. The minimum Gasteiger partial charge on any atom is -0.482 e. The topological polar surface area (TPSA) is 49.8 Å². The van der Waals surface area contributed by atoms with E-state index in [1.807, 2.05) is 11.0 Å². The molecule has 0 aromatic heterocycles. The number of rotatable bonds is 3. The number of carboxylic acid groups (broad SMARTS) is 1. The first-order chi connectivity index (χ1) is 12.5. The number of nitrogens with zero attached hydrogens (tertiary/aromatic N) is 1. The molecule has 2 aromatic rings. The number of piperidine rings is 1.